The molecule has 8 nitrogen and oxygen atoms in total. The summed E-state index contributed by atoms with van der Waals surface area (Å²) < 4.78 is 0. The van der Waals surface area contributed by atoms with Crippen LogP contribution in [0.4, 0.5) is 11.4 Å². The number of nitrogens with zero attached hydrogens (tertiary/aromatic N) is 2. The van der Waals surface area contributed by atoms with E-state index in [1.54, 1.807) is 12.1 Å². The smallest absolute Gasteiger partial charge is 0.311 e. The molecule has 0 fully saturated rings. The zero-order valence-electron chi connectivity index (χ0n) is 23.4. The Morgan fingerprint density at radius 3 is 1.39 bits per heavy atom. The molecule has 0 radical (unpaired) electrons. The lowest BCUT2D eigenvalue weighted by molar-refractivity contribution is -0.386. The van der Waals surface area contributed by atoms with Gasteiger partial charge in [0.15, 0.2) is 11.5 Å². The summed E-state index contributed by atoms with van der Waals surface area (Å²) in [5.74, 6) is -1.13. The SMILES string of the molecule is CCC(C)c1cc(C2(c3cc(C(C)CC)c(O)c([N+](=O)[O-])c3)c3ccccc3-c3ccccc32)cc([N+](=O)[O-])c1O. The third kappa shape index (κ3) is 4.13. The van der Waals surface area contributed by atoms with Crippen LogP contribution in [0.5, 0.6) is 11.5 Å². The van der Waals surface area contributed by atoms with Crippen molar-refractivity contribution in [2.24, 2.45) is 0 Å². The van der Waals surface area contributed by atoms with Crippen molar-refractivity contribution >= 4 is 11.4 Å². The van der Waals surface area contributed by atoms with Gasteiger partial charge in [-0.25, -0.2) is 0 Å². The highest BCUT2D eigenvalue weighted by Gasteiger charge is 2.48. The molecule has 4 aromatic carbocycles. The molecule has 0 saturated heterocycles. The molecule has 0 spiro atoms. The molecule has 2 N–H and O–H groups in total. The summed E-state index contributed by atoms with van der Waals surface area (Å²) in [6, 6.07) is 21.8. The number of aromatic hydroxyl groups is 2. The maximum absolute atomic E-state index is 12.3. The number of benzene rings is 4. The first-order valence-electron chi connectivity index (χ1n) is 13.8. The van der Waals surface area contributed by atoms with Gasteiger partial charge in [0, 0.05) is 23.3 Å². The number of rotatable bonds is 8. The lowest BCUT2D eigenvalue weighted by Gasteiger charge is -2.35. The topological polar surface area (TPSA) is 127 Å². The van der Waals surface area contributed by atoms with Crippen molar-refractivity contribution in [1.82, 2.24) is 0 Å². The Kier molecular flexibility index (Phi) is 7.03. The molecule has 1 aliphatic rings. The third-order valence-electron chi connectivity index (χ3n) is 8.74. The molecule has 0 saturated carbocycles. The van der Waals surface area contributed by atoms with E-state index < -0.39 is 26.6 Å². The van der Waals surface area contributed by atoms with Crippen molar-refractivity contribution in [2.45, 2.75) is 57.8 Å². The van der Waals surface area contributed by atoms with Crippen LogP contribution in [0.2, 0.25) is 0 Å². The summed E-state index contributed by atoms with van der Waals surface area (Å²) in [5.41, 5.74) is 3.31. The summed E-state index contributed by atoms with van der Waals surface area (Å²) in [7, 11) is 0. The first-order valence-corrected chi connectivity index (χ1v) is 13.8. The Balaban J connectivity index is 2.03. The largest absolute Gasteiger partial charge is 0.502 e. The molecule has 2 atom stereocenters. The van der Waals surface area contributed by atoms with E-state index in [1.807, 2.05) is 76.2 Å². The Morgan fingerprint density at radius 1 is 0.683 bits per heavy atom. The highest BCUT2D eigenvalue weighted by molar-refractivity contribution is 5.87. The van der Waals surface area contributed by atoms with Gasteiger partial charge < -0.3 is 10.2 Å². The van der Waals surface area contributed by atoms with Crippen LogP contribution in [0.3, 0.4) is 0 Å². The Labute approximate surface area is 238 Å². The lowest BCUT2D eigenvalue weighted by Crippen LogP contribution is -2.29. The molecule has 41 heavy (non-hydrogen) atoms. The number of fused-ring (bicyclic) bond motifs is 3. The average molecular weight is 553 g/mol. The lowest BCUT2D eigenvalue weighted by atomic mass is 9.66. The molecule has 8 heteroatoms. The zero-order chi connectivity index (χ0) is 29.6. The molecule has 5 rings (SSSR count). The van der Waals surface area contributed by atoms with Gasteiger partial charge in [-0.05, 0) is 70.2 Å². The Hall–Kier alpha value is -4.72. The van der Waals surface area contributed by atoms with E-state index in [1.165, 1.54) is 12.1 Å². The minimum absolute atomic E-state index is 0.192. The monoisotopic (exact) mass is 552 g/mol. The fourth-order valence-electron chi connectivity index (χ4n) is 6.21. The summed E-state index contributed by atoms with van der Waals surface area (Å²) in [5, 5.41) is 46.6. The van der Waals surface area contributed by atoms with E-state index in [9.17, 15) is 30.4 Å². The second kappa shape index (κ2) is 10.4. The highest BCUT2D eigenvalue weighted by Crippen LogP contribution is 2.58. The van der Waals surface area contributed by atoms with Crippen LogP contribution in [0.15, 0.2) is 72.8 Å². The van der Waals surface area contributed by atoms with E-state index in [0.29, 0.717) is 35.1 Å². The zero-order valence-corrected chi connectivity index (χ0v) is 23.4. The van der Waals surface area contributed by atoms with Crippen LogP contribution in [0.1, 0.15) is 85.8 Å². The van der Waals surface area contributed by atoms with Gasteiger partial charge in [-0.1, -0.05) is 76.2 Å². The van der Waals surface area contributed by atoms with Crippen LogP contribution in [-0.4, -0.2) is 20.1 Å². The summed E-state index contributed by atoms with van der Waals surface area (Å²) in [6.45, 7) is 7.69. The van der Waals surface area contributed by atoms with Crippen LogP contribution >= 0.6 is 0 Å². The third-order valence-corrected chi connectivity index (χ3v) is 8.74. The molecule has 0 aliphatic heterocycles. The summed E-state index contributed by atoms with van der Waals surface area (Å²) in [6.07, 6.45) is 1.27. The van der Waals surface area contributed by atoms with Gasteiger partial charge in [0.1, 0.15) is 0 Å². The molecule has 2 unspecified atom stereocenters. The van der Waals surface area contributed by atoms with Crippen LogP contribution < -0.4 is 0 Å². The maximum Gasteiger partial charge on any atom is 0.311 e. The van der Waals surface area contributed by atoms with Crippen LogP contribution in [0.25, 0.3) is 11.1 Å². The first-order chi connectivity index (χ1) is 19.6. The molecule has 0 amide bonds. The molecule has 0 aromatic heterocycles. The standard InChI is InChI=1S/C33H32N2O6/c1-5-19(3)25-15-21(17-29(31(25)36)34(38)39)33(22-16-26(20(4)6-2)32(37)30(18-22)35(40)41)27-13-9-7-11-23(27)24-12-8-10-14-28(24)33/h7-20,36-37H,5-6H2,1-4H3. The summed E-state index contributed by atoms with van der Waals surface area (Å²) in [4.78, 5) is 23.4. The second-order valence-corrected chi connectivity index (χ2v) is 10.8. The van der Waals surface area contributed by atoms with Gasteiger partial charge in [-0.15, -0.1) is 0 Å². The number of phenols is 2. The average Bonchev–Trinajstić information content (AvgIpc) is 3.27. The fourth-order valence-corrected chi connectivity index (χ4v) is 6.21. The number of nitro groups is 2. The van der Waals surface area contributed by atoms with E-state index >= 15 is 0 Å². The second-order valence-electron chi connectivity index (χ2n) is 10.8. The molecule has 0 heterocycles. The molecular formula is C33H32N2O6. The first kappa shape index (κ1) is 27.8. The van der Waals surface area contributed by atoms with Gasteiger partial charge in [-0.2, -0.15) is 0 Å². The predicted molar refractivity (Wildman–Crippen MR) is 158 cm³/mol. The number of phenolic OH excluding ortho intramolecular Hbond substituents is 2. The van der Waals surface area contributed by atoms with Crippen LogP contribution in [0, 0.1) is 20.2 Å². The van der Waals surface area contributed by atoms with Gasteiger partial charge in [-0.3, -0.25) is 20.2 Å². The molecule has 0 bridgehead atoms. The number of hydrogen-bond donors (Lipinski definition) is 2. The fraction of sp³-hybridized carbons (Fsp3) is 0.273. The predicted octanol–water partition coefficient (Wildman–Crippen LogP) is 8.30. The normalized spacial score (nSPS) is 14.6. The van der Waals surface area contributed by atoms with Crippen molar-refractivity contribution < 1.29 is 20.1 Å². The van der Waals surface area contributed by atoms with Crippen molar-refractivity contribution in [2.75, 3.05) is 0 Å². The van der Waals surface area contributed by atoms with E-state index in [4.69, 9.17) is 0 Å². The van der Waals surface area contributed by atoms with Crippen molar-refractivity contribution in [3.8, 4) is 22.6 Å². The van der Waals surface area contributed by atoms with Crippen molar-refractivity contribution in [1.29, 1.82) is 0 Å². The van der Waals surface area contributed by atoms with Gasteiger partial charge in [0.2, 0.25) is 0 Å². The molecular weight excluding hydrogens is 520 g/mol. The molecule has 210 valence electrons. The van der Waals surface area contributed by atoms with E-state index in [2.05, 4.69) is 0 Å². The van der Waals surface area contributed by atoms with Crippen molar-refractivity contribution in [3.05, 3.63) is 126 Å². The van der Waals surface area contributed by atoms with Gasteiger partial charge in [0.25, 0.3) is 0 Å². The van der Waals surface area contributed by atoms with Crippen molar-refractivity contribution in [3.63, 3.8) is 0 Å². The minimum Gasteiger partial charge on any atom is -0.502 e. The Bertz CT molecular complexity index is 1570. The number of nitro benzene ring substituents is 2. The molecule has 1 aliphatic carbocycles. The van der Waals surface area contributed by atoms with Gasteiger partial charge >= 0.3 is 11.4 Å². The molecule has 4 aromatic rings. The van der Waals surface area contributed by atoms with E-state index in [0.717, 1.165) is 22.3 Å². The van der Waals surface area contributed by atoms with Gasteiger partial charge in [0.05, 0.1) is 15.3 Å². The minimum atomic E-state index is -1.20. The highest BCUT2D eigenvalue weighted by atomic mass is 16.6. The maximum atomic E-state index is 12.3. The number of hydrogen-bond acceptors (Lipinski definition) is 6. The van der Waals surface area contributed by atoms with Crippen LogP contribution in [-0.2, 0) is 5.41 Å². The van der Waals surface area contributed by atoms with E-state index in [-0.39, 0.29) is 23.3 Å². The quantitative estimate of drug-likeness (QED) is 0.147. The Morgan fingerprint density at radius 2 is 1.05 bits per heavy atom. The summed E-state index contributed by atoms with van der Waals surface area (Å²) >= 11 is 0.